The van der Waals surface area contributed by atoms with Gasteiger partial charge in [-0.2, -0.15) is 0 Å². The number of aromatic amines is 1. The van der Waals surface area contributed by atoms with Gasteiger partial charge in [-0.15, -0.1) is 0 Å². The number of anilines is 2. The zero-order valence-electron chi connectivity index (χ0n) is 15.4. The van der Waals surface area contributed by atoms with Crippen LogP contribution in [0, 0.1) is 0 Å². The molecule has 0 radical (unpaired) electrons. The van der Waals surface area contributed by atoms with Crippen LogP contribution in [0.2, 0.25) is 0 Å². The van der Waals surface area contributed by atoms with Gasteiger partial charge in [-0.1, -0.05) is 30.3 Å². The number of fused-ring (bicyclic) bond motifs is 1. The fourth-order valence-electron chi connectivity index (χ4n) is 3.54. The number of morpholine rings is 1. The Hall–Kier alpha value is -3.22. The van der Waals surface area contributed by atoms with E-state index in [-0.39, 0.29) is 6.10 Å². The average molecular weight is 371 g/mol. The molecule has 5 rings (SSSR count). The minimum atomic E-state index is 0.115. The fourth-order valence-corrected chi connectivity index (χ4v) is 3.54. The smallest absolute Gasteiger partial charge is 0.227 e. The Morgan fingerprint density at radius 3 is 2.79 bits per heavy atom. The summed E-state index contributed by atoms with van der Waals surface area (Å²) in [4.78, 5) is 12.4. The van der Waals surface area contributed by atoms with Gasteiger partial charge < -0.3 is 20.4 Å². The van der Waals surface area contributed by atoms with Gasteiger partial charge in [0.15, 0.2) is 0 Å². The number of ether oxygens (including phenoxy) is 1. The van der Waals surface area contributed by atoms with Gasteiger partial charge in [0.05, 0.1) is 18.4 Å². The molecule has 2 aromatic heterocycles. The Bertz CT molecular complexity index is 1080. The van der Waals surface area contributed by atoms with Gasteiger partial charge in [0, 0.05) is 47.6 Å². The summed E-state index contributed by atoms with van der Waals surface area (Å²) < 4.78 is 5.80. The summed E-state index contributed by atoms with van der Waals surface area (Å²) in [6, 6.07) is 18.4. The first kappa shape index (κ1) is 16.9. The van der Waals surface area contributed by atoms with Gasteiger partial charge in [0.25, 0.3) is 0 Å². The molecular weight excluding hydrogens is 350 g/mol. The third kappa shape index (κ3) is 3.35. The summed E-state index contributed by atoms with van der Waals surface area (Å²) in [5.41, 5.74) is 5.17. The van der Waals surface area contributed by atoms with Crippen LogP contribution >= 0.6 is 0 Å². The van der Waals surface area contributed by atoms with E-state index in [0.29, 0.717) is 5.95 Å². The van der Waals surface area contributed by atoms with E-state index in [1.807, 2.05) is 36.5 Å². The molecule has 0 aliphatic carbocycles. The molecule has 0 spiro atoms. The Kier molecular flexibility index (Phi) is 4.48. The minimum absolute atomic E-state index is 0.115. The number of rotatable bonds is 4. The number of benzene rings is 2. The van der Waals surface area contributed by atoms with Crippen molar-refractivity contribution in [1.29, 1.82) is 0 Å². The highest BCUT2D eigenvalue weighted by molar-refractivity contribution is 5.94. The predicted molar refractivity (Wildman–Crippen MR) is 111 cm³/mol. The molecule has 1 fully saturated rings. The Morgan fingerprint density at radius 2 is 1.93 bits per heavy atom. The van der Waals surface area contributed by atoms with E-state index >= 15 is 0 Å². The van der Waals surface area contributed by atoms with Crippen molar-refractivity contribution in [1.82, 2.24) is 20.3 Å². The fraction of sp³-hybridized carbons (Fsp3) is 0.182. The van der Waals surface area contributed by atoms with Crippen LogP contribution in [0.5, 0.6) is 0 Å². The Balaban J connectivity index is 1.37. The van der Waals surface area contributed by atoms with Gasteiger partial charge in [-0.3, -0.25) is 0 Å². The zero-order valence-corrected chi connectivity index (χ0v) is 15.4. The van der Waals surface area contributed by atoms with Gasteiger partial charge in [-0.05, 0) is 29.8 Å². The van der Waals surface area contributed by atoms with Gasteiger partial charge in [-0.25, -0.2) is 9.97 Å². The van der Waals surface area contributed by atoms with Crippen LogP contribution in [0.1, 0.15) is 11.7 Å². The number of aromatic nitrogens is 3. The number of hydrogen-bond donors (Lipinski definition) is 3. The van der Waals surface area contributed by atoms with Crippen LogP contribution in [0.3, 0.4) is 0 Å². The van der Waals surface area contributed by atoms with E-state index in [0.717, 1.165) is 47.5 Å². The minimum Gasteiger partial charge on any atom is -0.371 e. The number of para-hydroxylation sites is 1. The predicted octanol–water partition coefficient (Wildman–Crippen LogP) is 4.03. The van der Waals surface area contributed by atoms with E-state index in [9.17, 15) is 0 Å². The van der Waals surface area contributed by atoms with Crippen LogP contribution in [-0.2, 0) is 4.74 Å². The van der Waals surface area contributed by atoms with Crippen LogP contribution in [0.4, 0.5) is 11.6 Å². The summed E-state index contributed by atoms with van der Waals surface area (Å²) in [5.74, 6) is 0.575. The van der Waals surface area contributed by atoms with E-state index in [4.69, 9.17) is 9.72 Å². The molecule has 4 aromatic rings. The molecule has 1 unspecified atom stereocenters. The van der Waals surface area contributed by atoms with Crippen molar-refractivity contribution in [3.63, 3.8) is 0 Å². The van der Waals surface area contributed by atoms with Crippen molar-refractivity contribution < 1.29 is 4.74 Å². The molecule has 140 valence electrons. The largest absolute Gasteiger partial charge is 0.371 e. The van der Waals surface area contributed by atoms with Crippen LogP contribution < -0.4 is 10.6 Å². The van der Waals surface area contributed by atoms with E-state index in [2.05, 4.69) is 44.9 Å². The van der Waals surface area contributed by atoms with Gasteiger partial charge in [0.2, 0.25) is 5.95 Å². The molecule has 0 saturated carbocycles. The van der Waals surface area contributed by atoms with Crippen molar-refractivity contribution in [2.75, 3.05) is 25.0 Å². The maximum atomic E-state index is 5.80. The topological polar surface area (TPSA) is 74.9 Å². The monoisotopic (exact) mass is 371 g/mol. The molecule has 1 saturated heterocycles. The van der Waals surface area contributed by atoms with Crippen molar-refractivity contribution in [2.24, 2.45) is 0 Å². The number of hydrogen-bond acceptors (Lipinski definition) is 5. The molecule has 28 heavy (non-hydrogen) atoms. The van der Waals surface area contributed by atoms with Crippen molar-refractivity contribution in [3.8, 4) is 11.3 Å². The second kappa shape index (κ2) is 7.42. The Labute approximate surface area is 163 Å². The van der Waals surface area contributed by atoms with Crippen molar-refractivity contribution in [3.05, 3.63) is 72.6 Å². The number of nitrogens with one attached hydrogen (secondary N) is 3. The van der Waals surface area contributed by atoms with Crippen molar-refractivity contribution in [2.45, 2.75) is 6.10 Å². The highest BCUT2D eigenvalue weighted by atomic mass is 16.5. The lowest BCUT2D eigenvalue weighted by Gasteiger charge is -2.24. The molecule has 6 nitrogen and oxygen atoms in total. The first-order valence-corrected chi connectivity index (χ1v) is 9.46. The maximum Gasteiger partial charge on any atom is 0.227 e. The molecule has 1 aliphatic rings. The summed E-state index contributed by atoms with van der Waals surface area (Å²) in [6.45, 7) is 2.52. The maximum absolute atomic E-state index is 5.80. The standard InChI is InChI=1S/C22H21N5O/c1-2-4-19-17(3-1)18(13-25-19)20-9-10-24-22(27-20)26-16-7-5-15(6-8-16)21-14-23-11-12-28-21/h1-10,13,21,23,25H,11-12,14H2,(H,24,26,27). The lowest BCUT2D eigenvalue weighted by Crippen LogP contribution is -2.33. The molecule has 1 atom stereocenters. The van der Waals surface area contributed by atoms with Crippen LogP contribution in [-0.4, -0.2) is 34.6 Å². The highest BCUT2D eigenvalue weighted by Crippen LogP contribution is 2.28. The summed E-state index contributed by atoms with van der Waals surface area (Å²) in [6.07, 6.45) is 3.89. The quantitative estimate of drug-likeness (QED) is 0.505. The lowest BCUT2D eigenvalue weighted by molar-refractivity contribution is 0.0277. The molecule has 3 N–H and O–H groups in total. The average Bonchev–Trinajstić information content (AvgIpc) is 3.19. The van der Waals surface area contributed by atoms with E-state index in [1.54, 1.807) is 6.20 Å². The Morgan fingerprint density at radius 1 is 1.04 bits per heavy atom. The molecule has 0 bridgehead atoms. The normalized spacial score (nSPS) is 16.9. The van der Waals surface area contributed by atoms with E-state index in [1.165, 1.54) is 5.56 Å². The second-order valence-electron chi connectivity index (χ2n) is 6.82. The molecule has 6 heteroatoms. The molecule has 1 aliphatic heterocycles. The van der Waals surface area contributed by atoms with Gasteiger partial charge >= 0.3 is 0 Å². The number of nitrogens with zero attached hydrogens (tertiary/aromatic N) is 2. The van der Waals surface area contributed by atoms with E-state index < -0.39 is 0 Å². The first-order chi connectivity index (χ1) is 13.9. The molecule has 0 amide bonds. The highest BCUT2D eigenvalue weighted by Gasteiger charge is 2.15. The van der Waals surface area contributed by atoms with Crippen molar-refractivity contribution >= 4 is 22.5 Å². The molecule has 3 heterocycles. The van der Waals surface area contributed by atoms with Gasteiger partial charge in [0.1, 0.15) is 0 Å². The third-order valence-corrected chi connectivity index (χ3v) is 4.99. The van der Waals surface area contributed by atoms with Crippen LogP contribution in [0.25, 0.3) is 22.2 Å². The second-order valence-corrected chi connectivity index (χ2v) is 6.82. The molecular formula is C22H21N5O. The molecule has 2 aromatic carbocycles. The zero-order chi connectivity index (χ0) is 18.8. The number of H-pyrrole nitrogens is 1. The first-order valence-electron chi connectivity index (χ1n) is 9.46. The van der Waals surface area contributed by atoms with Crippen LogP contribution in [0.15, 0.2) is 67.0 Å². The lowest BCUT2D eigenvalue weighted by atomic mass is 10.1. The SMILES string of the molecule is c1ccc2c(-c3ccnc(Nc4ccc(C5CNCCO5)cc4)n3)c[nH]c2c1. The third-order valence-electron chi connectivity index (χ3n) is 4.99. The summed E-state index contributed by atoms with van der Waals surface area (Å²) >= 11 is 0. The summed E-state index contributed by atoms with van der Waals surface area (Å²) in [5, 5.41) is 7.80. The summed E-state index contributed by atoms with van der Waals surface area (Å²) in [7, 11) is 0.